The van der Waals surface area contributed by atoms with Crippen molar-refractivity contribution in [3.8, 4) is 5.75 Å². The van der Waals surface area contributed by atoms with Crippen LogP contribution in [0.15, 0.2) is 24.3 Å². The third-order valence-corrected chi connectivity index (χ3v) is 3.37. The molecule has 1 N–H and O–H groups in total. The zero-order chi connectivity index (χ0) is 12.8. The lowest BCUT2D eigenvalue weighted by Crippen LogP contribution is -2.28. The van der Waals surface area contributed by atoms with Crippen LogP contribution in [0.3, 0.4) is 0 Å². The molecular formula is C15H23NO2. The van der Waals surface area contributed by atoms with Crippen molar-refractivity contribution in [3.63, 3.8) is 0 Å². The molecule has 0 radical (unpaired) electrons. The maximum Gasteiger partial charge on any atom is 0.119 e. The molecule has 1 aromatic rings. The highest BCUT2D eigenvalue weighted by atomic mass is 16.5. The van der Waals surface area contributed by atoms with E-state index in [1.54, 1.807) is 0 Å². The summed E-state index contributed by atoms with van der Waals surface area (Å²) in [6.45, 7) is 6.76. The van der Waals surface area contributed by atoms with Crippen LogP contribution in [0.5, 0.6) is 5.75 Å². The van der Waals surface area contributed by atoms with Crippen LogP contribution in [-0.2, 0) is 4.74 Å². The lowest BCUT2D eigenvalue weighted by Gasteiger charge is -2.17. The van der Waals surface area contributed by atoms with E-state index in [0.29, 0.717) is 18.8 Å². The Balaban J connectivity index is 1.81. The van der Waals surface area contributed by atoms with E-state index in [9.17, 15) is 0 Å². The molecule has 3 nitrogen and oxygen atoms in total. The molecule has 18 heavy (non-hydrogen) atoms. The third kappa shape index (κ3) is 3.72. The van der Waals surface area contributed by atoms with Gasteiger partial charge in [0.1, 0.15) is 5.75 Å². The van der Waals surface area contributed by atoms with Crippen LogP contribution in [0.25, 0.3) is 0 Å². The summed E-state index contributed by atoms with van der Waals surface area (Å²) >= 11 is 0. The Kier molecular flexibility index (Phi) is 5.02. The number of benzene rings is 1. The first-order chi connectivity index (χ1) is 8.79. The molecule has 2 unspecified atom stereocenters. The minimum Gasteiger partial charge on any atom is -0.494 e. The van der Waals surface area contributed by atoms with Gasteiger partial charge >= 0.3 is 0 Å². The molecule has 2 atom stereocenters. The lowest BCUT2D eigenvalue weighted by atomic mass is 10.1. The molecule has 1 aliphatic rings. The maximum atomic E-state index is 5.61. The van der Waals surface area contributed by atoms with E-state index in [4.69, 9.17) is 9.47 Å². The van der Waals surface area contributed by atoms with Crippen LogP contribution in [0.2, 0.25) is 0 Å². The van der Waals surface area contributed by atoms with E-state index in [-0.39, 0.29) is 0 Å². The molecule has 0 aliphatic carbocycles. The summed E-state index contributed by atoms with van der Waals surface area (Å²) in [4.78, 5) is 0. The molecule has 0 spiro atoms. The van der Waals surface area contributed by atoms with E-state index in [1.807, 2.05) is 19.1 Å². The van der Waals surface area contributed by atoms with Gasteiger partial charge < -0.3 is 14.8 Å². The van der Waals surface area contributed by atoms with Gasteiger partial charge in [0.2, 0.25) is 0 Å². The average Bonchev–Trinajstić information content (AvgIpc) is 2.90. The summed E-state index contributed by atoms with van der Waals surface area (Å²) in [6, 6.07) is 8.66. The molecule has 1 aromatic carbocycles. The van der Waals surface area contributed by atoms with Crippen molar-refractivity contribution in [2.24, 2.45) is 0 Å². The Hall–Kier alpha value is -1.06. The quantitative estimate of drug-likeness (QED) is 0.841. The lowest BCUT2D eigenvalue weighted by molar-refractivity contribution is 0.108. The van der Waals surface area contributed by atoms with Gasteiger partial charge in [-0.3, -0.25) is 0 Å². The van der Waals surface area contributed by atoms with Gasteiger partial charge in [-0.25, -0.2) is 0 Å². The molecule has 1 saturated heterocycles. The van der Waals surface area contributed by atoms with Crippen molar-refractivity contribution >= 4 is 0 Å². The third-order valence-electron chi connectivity index (χ3n) is 3.37. The summed E-state index contributed by atoms with van der Waals surface area (Å²) in [5.74, 6) is 0.938. The Morgan fingerprint density at radius 2 is 2.17 bits per heavy atom. The number of hydrogen-bond acceptors (Lipinski definition) is 3. The zero-order valence-electron chi connectivity index (χ0n) is 11.3. The SMILES string of the molecule is CCOc1ccc(C(C)NCC2CCCO2)cc1. The normalized spacial score (nSPS) is 20.9. The Bertz CT molecular complexity index is 344. The first kappa shape index (κ1) is 13.4. The molecule has 100 valence electrons. The highest BCUT2D eigenvalue weighted by molar-refractivity contribution is 5.28. The van der Waals surface area contributed by atoms with Gasteiger partial charge in [-0.2, -0.15) is 0 Å². The molecule has 1 heterocycles. The molecule has 2 rings (SSSR count). The summed E-state index contributed by atoms with van der Waals surface area (Å²) in [5, 5.41) is 3.53. The topological polar surface area (TPSA) is 30.5 Å². The first-order valence-electron chi connectivity index (χ1n) is 6.87. The molecule has 0 amide bonds. The second-order valence-corrected chi connectivity index (χ2v) is 4.77. The van der Waals surface area contributed by atoms with Gasteiger partial charge in [0.25, 0.3) is 0 Å². The Morgan fingerprint density at radius 3 is 2.78 bits per heavy atom. The standard InChI is InChI=1S/C15H23NO2/c1-3-17-14-8-6-13(7-9-14)12(2)16-11-15-5-4-10-18-15/h6-9,12,15-16H,3-5,10-11H2,1-2H3. The monoisotopic (exact) mass is 249 g/mol. The van der Waals surface area contributed by atoms with E-state index in [2.05, 4.69) is 24.4 Å². The molecule has 0 bridgehead atoms. The van der Waals surface area contributed by atoms with E-state index in [0.717, 1.165) is 18.9 Å². The van der Waals surface area contributed by atoms with Crippen molar-refractivity contribution in [3.05, 3.63) is 29.8 Å². The van der Waals surface area contributed by atoms with Crippen molar-refractivity contribution in [2.75, 3.05) is 19.8 Å². The highest BCUT2D eigenvalue weighted by Crippen LogP contribution is 2.18. The molecule has 0 saturated carbocycles. The smallest absolute Gasteiger partial charge is 0.119 e. The van der Waals surface area contributed by atoms with Gasteiger partial charge in [-0.15, -0.1) is 0 Å². The van der Waals surface area contributed by atoms with Gasteiger partial charge in [0, 0.05) is 19.2 Å². The minimum atomic E-state index is 0.352. The van der Waals surface area contributed by atoms with Crippen molar-refractivity contribution < 1.29 is 9.47 Å². The van der Waals surface area contributed by atoms with Crippen LogP contribution < -0.4 is 10.1 Å². The van der Waals surface area contributed by atoms with Gasteiger partial charge in [-0.05, 0) is 44.4 Å². The molecular weight excluding hydrogens is 226 g/mol. The Morgan fingerprint density at radius 1 is 1.39 bits per heavy atom. The van der Waals surface area contributed by atoms with Crippen LogP contribution in [0, 0.1) is 0 Å². The van der Waals surface area contributed by atoms with Crippen molar-refractivity contribution in [2.45, 2.75) is 38.8 Å². The number of rotatable bonds is 6. The fourth-order valence-corrected chi connectivity index (χ4v) is 2.25. The average molecular weight is 249 g/mol. The summed E-state index contributed by atoms with van der Waals surface area (Å²) in [7, 11) is 0. The first-order valence-corrected chi connectivity index (χ1v) is 6.87. The van der Waals surface area contributed by atoms with Crippen LogP contribution in [-0.4, -0.2) is 25.9 Å². The van der Waals surface area contributed by atoms with E-state index >= 15 is 0 Å². The van der Waals surface area contributed by atoms with Crippen LogP contribution in [0.1, 0.15) is 38.3 Å². The van der Waals surface area contributed by atoms with Crippen LogP contribution in [0.4, 0.5) is 0 Å². The van der Waals surface area contributed by atoms with Gasteiger partial charge in [-0.1, -0.05) is 12.1 Å². The molecule has 3 heteroatoms. The highest BCUT2D eigenvalue weighted by Gasteiger charge is 2.16. The van der Waals surface area contributed by atoms with Crippen LogP contribution >= 0.6 is 0 Å². The fraction of sp³-hybridized carbons (Fsp3) is 0.600. The number of hydrogen-bond donors (Lipinski definition) is 1. The predicted molar refractivity (Wildman–Crippen MR) is 73.0 cm³/mol. The van der Waals surface area contributed by atoms with Gasteiger partial charge in [0.15, 0.2) is 0 Å². The fourth-order valence-electron chi connectivity index (χ4n) is 2.25. The van der Waals surface area contributed by atoms with E-state index < -0.39 is 0 Å². The summed E-state index contributed by atoms with van der Waals surface area (Å²) in [5.41, 5.74) is 1.29. The van der Waals surface area contributed by atoms with Crippen molar-refractivity contribution in [1.82, 2.24) is 5.32 Å². The molecule has 1 aliphatic heterocycles. The van der Waals surface area contributed by atoms with E-state index in [1.165, 1.54) is 18.4 Å². The maximum absolute atomic E-state index is 5.61. The molecule has 1 fully saturated rings. The molecule has 0 aromatic heterocycles. The summed E-state index contributed by atoms with van der Waals surface area (Å²) in [6.07, 6.45) is 2.78. The largest absolute Gasteiger partial charge is 0.494 e. The second-order valence-electron chi connectivity index (χ2n) is 4.77. The summed E-state index contributed by atoms with van der Waals surface area (Å²) < 4.78 is 11.0. The predicted octanol–water partition coefficient (Wildman–Crippen LogP) is 2.91. The number of nitrogens with one attached hydrogen (secondary N) is 1. The zero-order valence-corrected chi connectivity index (χ0v) is 11.3. The van der Waals surface area contributed by atoms with Gasteiger partial charge in [0.05, 0.1) is 12.7 Å². The Labute approximate surface area is 109 Å². The minimum absolute atomic E-state index is 0.352. The second kappa shape index (κ2) is 6.76. The van der Waals surface area contributed by atoms with Crippen molar-refractivity contribution in [1.29, 1.82) is 0 Å². The number of ether oxygens (including phenoxy) is 2.